The van der Waals surface area contributed by atoms with Crippen LogP contribution in [0.25, 0.3) is 11.0 Å². The molecule has 1 aromatic heterocycles. The van der Waals surface area contributed by atoms with Crippen molar-refractivity contribution in [3.8, 4) is 0 Å². The molecular formula is C17H23NO. The smallest absolute Gasteiger partial charge is 0.137 e. The highest BCUT2D eigenvalue weighted by molar-refractivity contribution is 5.81. The van der Waals surface area contributed by atoms with E-state index in [1.54, 1.807) is 0 Å². The summed E-state index contributed by atoms with van der Waals surface area (Å²) in [6.45, 7) is 10.1. The minimum Gasteiger partial charge on any atom is -0.459 e. The molecule has 1 N–H and O–H groups in total. The average Bonchev–Trinajstić information content (AvgIpc) is 2.95. The molecule has 19 heavy (non-hydrogen) atoms. The van der Waals surface area contributed by atoms with Gasteiger partial charge in [-0.1, -0.05) is 39.0 Å². The topological polar surface area (TPSA) is 25.2 Å². The summed E-state index contributed by atoms with van der Waals surface area (Å²) in [4.78, 5) is 0. The summed E-state index contributed by atoms with van der Waals surface area (Å²) in [6, 6.07) is 8.58. The van der Waals surface area contributed by atoms with Crippen molar-refractivity contribution < 1.29 is 4.42 Å². The molecule has 1 saturated heterocycles. The number of fused-ring (bicyclic) bond motifs is 1. The van der Waals surface area contributed by atoms with Gasteiger partial charge in [-0.05, 0) is 43.4 Å². The van der Waals surface area contributed by atoms with Gasteiger partial charge in [-0.25, -0.2) is 0 Å². The van der Waals surface area contributed by atoms with Gasteiger partial charge in [0, 0.05) is 5.39 Å². The molecule has 0 amide bonds. The molecule has 1 aliphatic rings. The first kappa shape index (κ1) is 12.7. The second kappa shape index (κ2) is 4.11. The van der Waals surface area contributed by atoms with Crippen molar-refractivity contribution in [1.82, 2.24) is 5.32 Å². The second-order valence-corrected chi connectivity index (χ2v) is 6.79. The van der Waals surface area contributed by atoms with Crippen LogP contribution in [0.2, 0.25) is 0 Å². The quantitative estimate of drug-likeness (QED) is 0.820. The molecule has 0 aliphatic carbocycles. The summed E-state index contributed by atoms with van der Waals surface area (Å²) in [5.41, 5.74) is 2.37. The molecule has 1 aromatic carbocycles. The third-order valence-corrected chi connectivity index (χ3v) is 4.60. The maximum Gasteiger partial charge on any atom is 0.137 e. The van der Waals surface area contributed by atoms with Crippen LogP contribution in [0, 0.1) is 12.3 Å². The van der Waals surface area contributed by atoms with Crippen LogP contribution in [0.5, 0.6) is 0 Å². The molecule has 1 atom stereocenters. The Hall–Kier alpha value is -1.28. The van der Waals surface area contributed by atoms with Crippen LogP contribution in [-0.2, 0) is 5.54 Å². The number of hydrogen-bond donors (Lipinski definition) is 1. The van der Waals surface area contributed by atoms with Crippen LogP contribution < -0.4 is 5.32 Å². The third-order valence-electron chi connectivity index (χ3n) is 4.60. The van der Waals surface area contributed by atoms with E-state index < -0.39 is 0 Å². The lowest BCUT2D eigenvalue weighted by atomic mass is 9.71. The summed E-state index contributed by atoms with van der Waals surface area (Å²) in [7, 11) is 0. The van der Waals surface area contributed by atoms with Gasteiger partial charge in [0.15, 0.2) is 0 Å². The molecule has 0 radical (unpaired) electrons. The first-order valence-corrected chi connectivity index (χ1v) is 7.19. The SMILES string of the molecule is Cc1cccc2cc(C3(C(C)(C)C)CCCN3)oc12. The van der Waals surface area contributed by atoms with Gasteiger partial charge in [0.05, 0.1) is 5.54 Å². The van der Waals surface area contributed by atoms with Crippen LogP contribution in [0.4, 0.5) is 0 Å². The molecule has 1 unspecified atom stereocenters. The first-order chi connectivity index (χ1) is 8.94. The second-order valence-electron chi connectivity index (χ2n) is 6.79. The highest BCUT2D eigenvalue weighted by Gasteiger charge is 2.47. The lowest BCUT2D eigenvalue weighted by molar-refractivity contribution is 0.133. The molecule has 3 rings (SSSR count). The van der Waals surface area contributed by atoms with Crippen LogP contribution in [0.1, 0.15) is 44.9 Å². The summed E-state index contributed by atoms with van der Waals surface area (Å²) in [5.74, 6) is 1.10. The van der Waals surface area contributed by atoms with Crippen molar-refractivity contribution in [1.29, 1.82) is 0 Å². The maximum atomic E-state index is 6.25. The average molecular weight is 257 g/mol. The van der Waals surface area contributed by atoms with Crippen molar-refractivity contribution in [3.05, 3.63) is 35.6 Å². The van der Waals surface area contributed by atoms with Gasteiger partial charge in [0.25, 0.3) is 0 Å². The largest absolute Gasteiger partial charge is 0.459 e. The van der Waals surface area contributed by atoms with Crippen molar-refractivity contribution in [2.24, 2.45) is 5.41 Å². The number of rotatable bonds is 1. The highest BCUT2D eigenvalue weighted by Crippen LogP contribution is 2.47. The van der Waals surface area contributed by atoms with Crippen molar-refractivity contribution in [2.45, 2.75) is 46.1 Å². The zero-order chi connectivity index (χ0) is 13.7. The van der Waals surface area contributed by atoms with Gasteiger partial charge in [0.1, 0.15) is 11.3 Å². The van der Waals surface area contributed by atoms with Gasteiger partial charge < -0.3 is 9.73 Å². The zero-order valence-electron chi connectivity index (χ0n) is 12.3. The Balaban J connectivity index is 2.19. The molecule has 2 heteroatoms. The summed E-state index contributed by atoms with van der Waals surface area (Å²) >= 11 is 0. The molecule has 1 aliphatic heterocycles. The van der Waals surface area contributed by atoms with Gasteiger partial charge in [-0.15, -0.1) is 0 Å². The van der Waals surface area contributed by atoms with Crippen LogP contribution in [0.15, 0.2) is 28.7 Å². The molecule has 1 fully saturated rings. The number of benzene rings is 1. The Kier molecular flexibility index (Phi) is 2.75. The van der Waals surface area contributed by atoms with Crippen molar-refractivity contribution in [2.75, 3.05) is 6.54 Å². The predicted octanol–water partition coefficient (Wildman–Crippen LogP) is 4.37. The van der Waals surface area contributed by atoms with Gasteiger partial charge >= 0.3 is 0 Å². The Labute approximate surface area is 115 Å². The standard InChI is InChI=1S/C17H23NO/c1-12-7-5-8-13-11-14(19-15(12)13)17(16(2,3)4)9-6-10-18-17/h5,7-8,11,18H,6,9-10H2,1-4H3. The lowest BCUT2D eigenvalue weighted by Crippen LogP contribution is -2.47. The summed E-state index contributed by atoms with van der Waals surface area (Å²) in [6.07, 6.45) is 2.36. The molecule has 2 heterocycles. The summed E-state index contributed by atoms with van der Waals surface area (Å²) < 4.78 is 6.25. The molecule has 0 bridgehead atoms. The van der Waals surface area contributed by atoms with E-state index in [9.17, 15) is 0 Å². The Morgan fingerprint density at radius 3 is 2.63 bits per heavy atom. The number of hydrogen-bond acceptors (Lipinski definition) is 2. The number of para-hydroxylation sites is 1. The number of furan rings is 1. The maximum absolute atomic E-state index is 6.25. The van der Waals surface area contributed by atoms with E-state index >= 15 is 0 Å². The van der Waals surface area contributed by atoms with Gasteiger partial charge in [-0.3, -0.25) is 0 Å². The lowest BCUT2D eigenvalue weighted by Gasteiger charge is -2.40. The van der Waals surface area contributed by atoms with E-state index in [2.05, 4.69) is 57.3 Å². The van der Waals surface area contributed by atoms with Crippen LogP contribution >= 0.6 is 0 Å². The minimum atomic E-state index is -0.0293. The minimum absolute atomic E-state index is 0.0293. The molecule has 2 nitrogen and oxygen atoms in total. The fourth-order valence-corrected chi connectivity index (χ4v) is 3.38. The fraction of sp³-hybridized carbons (Fsp3) is 0.529. The Bertz CT molecular complexity index is 597. The Morgan fingerprint density at radius 1 is 1.26 bits per heavy atom. The van der Waals surface area contributed by atoms with Crippen molar-refractivity contribution >= 4 is 11.0 Å². The Morgan fingerprint density at radius 2 is 2.05 bits per heavy atom. The van der Waals surface area contributed by atoms with E-state index in [0.29, 0.717) is 0 Å². The van der Waals surface area contributed by atoms with E-state index in [1.807, 2.05) is 0 Å². The van der Waals surface area contributed by atoms with Crippen molar-refractivity contribution in [3.63, 3.8) is 0 Å². The van der Waals surface area contributed by atoms with Gasteiger partial charge in [-0.2, -0.15) is 0 Å². The van der Waals surface area contributed by atoms with Gasteiger partial charge in [0.2, 0.25) is 0 Å². The van der Waals surface area contributed by atoms with Crippen LogP contribution in [-0.4, -0.2) is 6.54 Å². The molecule has 0 saturated carbocycles. The van der Waals surface area contributed by atoms with E-state index in [4.69, 9.17) is 4.42 Å². The predicted molar refractivity (Wildman–Crippen MR) is 79.3 cm³/mol. The number of nitrogens with one attached hydrogen (secondary N) is 1. The highest BCUT2D eigenvalue weighted by atomic mass is 16.3. The normalized spacial score (nSPS) is 24.2. The number of aryl methyl sites for hydroxylation is 1. The first-order valence-electron chi connectivity index (χ1n) is 7.19. The fourth-order valence-electron chi connectivity index (χ4n) is 3.38. The van der Waals surface area contributed by atoms with E-state index in [1.165, 1.54) is 17.4 Å². The van der Waals surface area contributed by atoms with E-state index in [0.717, 1.165) is 24.3 Å². The third kappa shape index (κ3) is 1.81. The molecular weight excluding hydrogens is 234 g/mol. The van der Waals surface area contributed by atoms with Crippen LogP contribution in [0.3, 0.4) is 0 Å². The zero-order valence-corrected chi connectivity index (χ0v) is 12.3. The monoisotopic (exact) mass is 257 g/mol. The molecule has 102 valence electrons. The molecule has 0 spiro atoms. The summed E-state index contributed by atoms with van der Waals surface area (Å²) in [5, 5.41) is 4.93. The van der Waals surface area contributed by atoms with E-state index in [-0.39, 0.29) is 11.0 Å². The molecule has 2 aromatic rings.